The van der Waals surface area contributed by atoms with Gasteiger partial charge in [-0.25, -0.2) is 9.18 Å². The summed E-state index contributed by atoms with van der Waals surface area (Å²) in [5, 5.41) is 28.8. The fourth-order valence-electron chi connectivity index (χ4n) is 2.93. The third-order valence-corrected chi connectivity index (χ3v) is 5.54. The molecule has 4 rings (SSSR count). The smallest absolute Gasteiger partial charge is 0.328 e. The SMILES string of the molecule is O=C(O)/C=C/c1ccc(Oc2c(-c3ccc(O)c(F)c3)sc3cc(O)ccc23)cc1. The van der Waals surface area contributed by atoms with Crippen LogP contribution in [0.2, 0.25) is 0 Å². The maximum absolute atomic E-state index is 13.9. The predicted octanol–water partition coefficient (Wildman–Crippen LogP) is 6.01. The van der Waals surface area contributed by atoms with E-state index in [1.807, 2.05) is 0 Å². The van der Waals surface area contributed by atoms with Gasteiger partial charge in [-0.1, -0.05) is 12.1 Å². The molecule has 0 saturated carbocycles. The first-order valence-electron chi connectivity index (χ1n) is 8.84. The van der Waals surface area contributed by atoms with E-state index in [0.29, 0.717) is 27.5 Å². The van der Waals surface area contributed by atoms with Crippen LogP contribution >= 0.6 is 11.3 Å². The fraction of sp³-hybridized carbons (Fsp3) is 0. The van der Waals surface area contributed by atoms with Crippen LogP contribution in [0.25, 0.3) is 26.6 Å². The molecule has 7 heteroatoms. The van der Waals surface area contributed by atoms with Crippen molar-refractivity contribution in [3.8, 4) is 33.4 Å². The second-order valence-corrected chi connectivity index (χ2v) is 7.50. The van der Waals surface area contributed by atoms with Crippen LogP contribution in [0.5, 0.6) is 23.0 Å². The average molecular weight is 422 g/mol. The molecule has 0 saturated heterocycles. The summed E-state index contributed by atoms with van der Waals surface area (Å²) in [6.45, 7) is 0. The van der Waals surface area contributed by atoms with Crippen molar-refractivity contribution in [1.29, 1.82) is 0 Å². The first kappa shape index (κ1) is 19.5. The minimum absolute atomic E-state index is 0.105. The van der Waals surface area contributed by atoms with Crippen LogP contribution in [-0.2, 0) is 4.79 Å². The van der Waals surface area contributed by atoms with Gasteiger partial charge in [-0.2, -0.15) is 0 Å². The molecule has 0 fully saturated rings. The molecule has 0 aliphatic carbocycles. The lowest BCUT2D eigenvalue weighted by atomic mass is 10.1. The topological polar surface area (TPSA) is 87.0 Å². The molecule has 0 radical (unpaired) electrons. The predicted molar refractivity (Wildman–Crippen MR) is 114 cm³/mol. The monoisotopic (exact) mass is 422 g/mol. The number of fused-ring (bicyclic) bond motifs is 1. The quantitative estimate of drug-likeness (QED) is 0.343. The normalized spacial score (nSPS) is 11.2. The molecule has 0 bridgehead atoms. The van der Waals surface area contributed by atoms with Crippen molar-refractivity contribution >= 4 is 33.5 Å². The van der Waals surface area contributed by atoms with Crippen LogP contribution in [-0.4, -0.2) is 21.3 Å². The Hall–Kier alpha value is -3.84. The van der Waals surface area contributed by atoms with E-state index < -0.39 is 17.5 Å². The number of rotatable bonds is 5. The van der Waals surface area contributed by atoms with Crippen molar-refractivity contribution in [1.82, 2.24) is 0 Å². The van der Waals surface area contributed by atoms with Crippen molar-refractivity contribution in [3.63, 3.8) is 0 Å². The Morgan fingerprint density at radius 2 is 1.77 bits per heavy atom. The van der Waals surface area contributed by atoms with Crippen LogP contribution in [0.3, 0.4) is 0 Å². The van der Waals surface area contributed by atoms with Gasteiger partial charge in [0.2, 0.25) is 0 Å². The van der Waals surface area contributed by atoms with Gasteiger partial charge in [0.05, 0.1) is 4.88 Å². The van der Waals surface area contributed by atoms with Gasteiger partial charge in [-0.3, -0.25) is 0 Å². The number of benzene rings is 3. The number of aliphatic carboxylic acids is 1. The first-order chi connectivity index (χ1) is 14.4. The van der Waals surface area contributed by atoms with Gasteiger partial charge in [-0.15, -0.1) is 11.3 Å². The molecule has 3 aromatic carbocycles. The molecule has 3 N–H and O–H groups in total. The number of phenolic OH excluding ortho intramolecular Hbond substituents is 2. The summed E-state index contributed by atoms with van der Waals surface area (Å²) in [7, 11) is 0. The zero-order valence-corrected chi connectivity index (χ0v) is 16.2. The number of carboxylic acids is 1. The second kappa shape index (κ2) is 7.88. The lowest BCUT2D eigenvalue weighted by Crippen LogP contribution is -1.87. The summed E-state index contributed by atoms with van der Waals surface area (Å²) in [6.07, 6.45) is 2.52. The molecule has 0 atom stereocenters. The highest BCUT2D eigenvalue weighted by atomic mass is 32.1. The van der Waals surface area contributed by atoms with Gasteiger partial charge >= 0.3 is 5.97 Å². The molecule has 0 spiro atoms. The summed E-state index contributed by atoms with van der Waals surface area (Å²) in [5.41, 5.74) is 1.23. The number of halogens is 1. The molecule has 0 aliphatic rings. The van der Waals surface area contributed by atoms with E-state index in [2.05, 4.69) is 0 Å². The Labute approximate surface area is 174 Å². The average Bonchev–Trinajstić information content (AvgIpc) is 3.07. The van der Waals surface area contributed by atoms with Crippen molar-refractivity contribution in [2.45, 2.75) is 0 Å². The summed E-state index contributed by atoms with van der Waals surface area (Å²) >= 11 is 1.33. The van der Waals surface area contributed by atoms with Crippen LogP contribution < -0.4 is 4.74 Å². The van der Waals surface area contributed by atoms with Crippen LogP contribution in [0.1, 0.15) is 5.56 Å². The number of thiophene rings is 1. The number of ether oxygens (including phenoxy) is 1. The van der Waals surface area contributed by atoms with E-state index in [4.69, 9.17) is 9.84 Å². The van der Waals surface area contributed by atoms with Gasteiger partial charge in [0, 0.05) is 16.2 Å². The minimum Gasteiger partial charge on any atom is -0.508 e. The van der Waals surface area contributed by atoms with E-state index in [-0.39, 0.29) is 5.75 Å². The summed E-state index contributed by atoms with van der Waals surface area (Å²) in [6, 6.07) is 15.8. The molecule has 1 aromatic heterocycles. The highest BCUT2D eigenvalue weighted by Gasteiger charge is 2.18. The molecular weight excluding hydrogens is 407 g/mol. The first-order valence-corrected chi connectivity index (χ1v) is 9.66. The molecule has 150 valence electrons. The lowest BCUT2D eigenvalue weighted by molar-refractivity contribution is -0.131. The van der Waals surface area contributed by atoms with E-state index in [9.17, 15) is 19.4 Å². The summed E-state index contributed by atoms with van der Waals surface area (Å²) in [4.78, 5) is 11.3. The Bertz CT molecular complexity index is 1270. The number of phenols is 2. The maximum atomic E-state index is 13.9. The van der Waals surface area contributed by atoms with E-state index >= 15 is 0 Å². The fourth-order valence-corrected chi connectivity index (χ4v) is 4.09. The zero-order chi connectivity index (χ0) is 21.3. The van der Waals surface area contributed by atoms with Gasteiger partial charge in [0.1, 0.15) is 11.5 Å². The van der Waals surface area contributed by atoms with Crippen molar-refractivity contribution in [2.24, 2.45) is 0 Å². The third kappa shape index (κ3) is 3.97. The number of carbonyl (C=O) groups is 1. The minimum atomic E-state index is -1.03. The molecule has 30 heavy (non-hydrogen) atoms. The van der Waals surface area contributed by atoms with E-state index in [1.165, 1.54) is 29.5 Å². The molecular formula is C23H15FO5S. The second-order valence-electron chi connectivity index (χ2n) is 6.45. The Balaban J connectivity index is 1.77. The molecule has 0 amide bonds. The molecule has 0 aliphatic heterocycles. The van der Waals surface area contributed by atoms with Crippen molar-refractivity contribution in [2.75, 3.05) is 0 Å². The summed E-state index contributed by atoms with van der Waals surface area (Å²) in [5.74, 6) is -1.11. The van der Waals surface area contributed by atoms with Crippen molar-refractivity contribution < 1.29 is 29.2 Å². The molecule has 0 unspecified atom stereocenters. The number of hydrogen-bond acceptors (Lipinski definition) is 5. The van der Waals surface area contributed by atoms with Gasteiger partial charge in [0.25, 0.3) is 0 Å². The highest BCUT2D eigenvalue weighted by molar-refractivity contribution is 7.22. The third-order valence-electron chi connectivity index (χ3n) is 4.36. The Morgan fingerprint density at radius 1 is 1.00 bits per heavy atom. The van der Waals surface area contributed by atoms with Crippen LogP contribution in [0.15, 0.2) is 66.7 Å². The zero-order valence-electron chi connectivity index (χ0n) is 15.4. The molecule has 5 nitrogen and oxygen atoms in total. The Morgan fingerprint density at radius 3 is 2.47 bits per heavy atom. The lowest BCUT2D eigenvalue weighted by Gasteiger charge is -2.09. The van der Waals surface area contributed by atoms with Gasteiger partial charge in [0.15, 0.2) is 17.3 Å². The standard InChI is InChI=1S/C23H15FO5S/c24-18-11-14(4-9-19(18)26)23-22(17-8-5-15(25)12-20(17)30-23)29-16-6-1-13(2-7-16)3-10-21(27)28/h1-12,25-26H,(H,27,28)/b10-3+. The van der Waals surface area contributed by atoms with Crippen molar-refractivity contribution in [3.05, 3.63) is 78.1 Å². The summed E-state index contributed by atoms with van der Waals surface area (Å²) < 4.78 is 20.8. The van der Waals surface area contributed by atoms with Crippen LogP contribution in [0.4, 0.5) is 4.39 Å². The maximum Gasteiger partial charge on any atom is 0.328 e. The van der Waals surface area contributed by atoms with Gasteiger partial charge < -0.3 is 20.1 Å². The number of aromatic hydroxyl groups is 2. The molecule has 4 aromatic rings. The van der Waals surface area contributed by atoms with E-state index in [1.54, 1.807) is 48.5 Å². The number of carboxylic acid groups (broad SMARTS) is 1. The van der Waals surface area contributed by atoms with Crippen LogP contribution in [0, 0.1) is 5.82 Å². The highest BCUT2D eigenvalue weighted by Crippen LogP contribution is 2.47. The van der Waals surface area contributed by atoms with E-state index in [0.717, 1.165) is 16.2 Å². The Kier molecular flexibility index (Phi) is 5.12. The number of hydrogen-bond donors (Lipinski definition) is 3. The van der Waals surface area contributed by atoms with Gasteiger partial charge in [-0.05, 0) is 65.7 Å². The molecule has 1 heterocycles. The largest absolute Gasteiger partial charge is 0.508 e.